The van der Waals surface area contributed by atoms with E-state index in [-0.39, 0.29) is 5.82 Å². The Balaban J connectivity index is 2.04. The van der Waals surface area contributed by atoms with Crippen LogP contribution in [-0.4, -0.2) is 14.5 Å². The Hall–Kier alpha value is -3.39. The molecule has 2 aromatic carbocycles. The standard InChI is InChI=1S/C20H16F3N5/c21-20(22,23)13-5-8-16-17(10-13)28(14-6-3-12(11-24)4-7-14)19(27-16)15-2-1-9-26-18(15)25/h1-10H,11,24H2,(H2,25,26). The fraction of sp³-hybridized carbons (Fsp3) is 0.100. The Bertz CT molecular complexity index is 1150. The molecule has 0 unspecified atom stereocenters. The van der Waals surface area contributed by atoms with Crippen molar-refractivity contribution in [2.24, 2.45) is 5.73 Å². The Labute approximate surface area is 158 Å². The summed E-state index contributed by atoms with van der Waals surface area (Å²) in [6.45, 7) is 0.367. The van der Waals surface area contributed by atoms with E-state index in [1.165, 1.54) is 6.07 Å². The molecule has 0 aliphatic heterocycles. The molecular weight excluding hydrogens is 367 g/mol. The van der Waals surface area contributed by atoms with Gasteiger partial charge < -0.3 is 11.5 Å². The Morgan fingerprint density at radius 3 is 2.39 bits per heavy atom. The van der Waals surface area contributed by atoms with Gasteiger partial charge >= 0.3 is 6.18 Å². The number of nitrogen functional groups attached to an aromatic ring is 1. The van der Waals surface area contributed by atoms with Crippen LogP contribution in [0.25, 0.3) is 28.1 Å². The van der Waals surface area contributed by atoms with Gasteiger partial charge in [-0.1, -0.05) is 12.1 Å². The molecule has 0 saturated carbocycles. The second kappa shape index (κ2) is 6.65. The van der Waals surface area contributed by atoms with Gasteiger partial charge in [0, 0.05) is 18.4 Å². The molecule has 0 bridgehead atoms. The Morgan fingerprint density at radius 2 is 1.75 bits per heavy atom. The highest BCUT2D eigenvalue weighted by atomic mass is 19.4. The van der Waals surface area contributed by atoms with Gasteiger partial charge in [-0.15, -0.1) is 0 Å². The van der Waals surface area contributed by atoms with Gasteiger partial charge in [-0.25, -0.2) is 9.97 Å². The number of nitrogens with two attached hydrogens (primary N) is 2. The zero-order valence-corrected chi connectivity index (χ0v) is 14.6. The smallest absolute Gasteiger partial charge is 0.383 e. The van der Waals surface area contributed by atoms with Crippen LogP contribution in [0.2, 0.25) is 0 Å². The van der Waals surface area contributed by atoms with Crippen LogP contribution in [0, 0.1) is 0 Å². The van der Waals surface area contributed by atoms with E-state index < -0.39 is 11.7 Å². The summed E-state index contributed by atoms with van der Waals surface area (Å²) in [4.78, 5) is 8.61. The number of aromatic nitrogens is 3. The topological polar surface area (TPSA) is 82.8 Å². The van der Waals surface area contributed by atoms with Crippen LogP contribution in [0.1, 0.15) is 11.1 Å². The molecule has 0 saturated heterocycles. The van der Waals surface area contributed by atoms with Gasteiger partial charge in [0.05, 0.1) is 22.2 Å². The first-order chi connectivity index (χ1) is 13.4. The fourth-order valence-corrected chi connectivity index (χ4v) is 3.08. The molecule has 142 valence electrons. The number of hydrogen-bond acceptors (Lipinski definition) is 4. The van der Waals surface area contributed by atoms with Crippen LogP contribution in [-0.2, 0) is 12.7 Å². The average Bonchev–Trinajstić information content (AvgIpc) is 3.06. The van der Waals surface area contributed by atoms with Crippen LogP contribution in [0.15, 0.2) is 60.8 Å². The van der Waals surface area contributed by atoms with Crippen molar-refractivity contribution in [2.75, 3.05) is 5.73 Å². The number of pyridine rings is 1. The first-order valence-electron chi connectivity index (χ1n) is 8.48. The van der Waals surface area contributed by atoms with Gasteiger partial charge in [-0.3, -0.25) is 4.57 Å². The fourth-order valence-electron chi connectivity index (χ4n) is 3.08. The highest BCUT2D eigenvalue weighted by molar-refractivity contribution is 5.85. The van der Waals surface area contributed by atoms with E-state index in [2.05, 4.69) is 9.97 Å². The maximum atomic E-state index is 13.3. The van der Waals surface area contributed by atoms with E-state index in [1.807, 2.05) is 12.1 Å². The predicted molar refractivity (Wildman–Crippen MR) is 102 cm³/mol. The Kier molecular flexibility index (Phi) is 4.27. The van der Waals surface area contributed by atoms with Crippen LogP contribution >= 0.6 is 0 Å². The van der Waals surface area contributed by atoms with Crippen molar-refractivity contribution >= 4 is 16.9 Å². The van der Waals surface area contributed by atoms with Crippen molar-refractivity contribution in [3.05, 3.63) is 71.9 Å². The quantitative estimate of drug-likeness (QED) is 0.557. The molecule has 4 N–H and O–H groups in total. The summed E-state index contributed by atoms with van der Waals surface area (Å²) in [6.07, 6.45) is -2.91. The van der Waals surface area contributed by atoms with E-state index in [1.54, 1.807) is 35.0 Å². The lowest BCUT2D eigenvalue weighted by molar-refractivity contribution is -0.137. The number of benzene rings is 2. The number of hydrogen-bond donors (Lipinski definition) is 2. The van der Waals surface area contributed by atoms with Gasteiger partial charge in [-0.2, -0.15) is 13.2 Å². The molecule has 2 heterocycles. The van der Waals surface area contributed by atoms with Crippen molar-refractivity contribution in [3.8, 4) is 17.1 Å². The number of alkyl halides is 3. The molecule has 0 fully saturated rings. The molecule has 4 aromatic rings. The predicted octanol–water partition coefficient (Wildman–Crippen LogP) is 4.15. The summed E-state index contributed by atoms with van der Waals surface area (Å²) < 4.78 is 41.5. The normalized spacial score (nSPS) is 11.9. The second-order valence-corrected chi connectivity index (χ2v) is 6.28. The molecule has 0 spiro atoms. The Morgan fingerprint density at radius 1 is 1.00 bits per heavy atom. The lowest BCUT2D eigenvalue weighted by Crippen LogP contribution is -2.05. The summed E-state index contributed by atoms with van der Waals surface area (Å²) in [7, 11) is 0. The summed E-state index contributed by atoms with van der Waals surface area (Å²) in [6, 6.07) is 14.1. The molecule has 0 aliphatic rings. The minimum Gasteiger partial charge on any atom is -0.383 e. The summed E-state index contributed by atoms with van der Waals surface area (Å²) >= 11 is 0. The van der Waals surface area contributed by atoms with Crippen LogP contribution in [0.5, 0.6) is 0 Å². The SMILES string of the molecule is NCc1ccc(-n2c(-c3cccnc3N)nc3ccc(C(F)(F)F)cc32)cc1. The van der Waals surface area contributed by atoms with Crippen molar-refractivity contribution in [1.82, 2.24) is 14.5 Å². The van der Waals surface area contributed by atoms with Gasteiger partial charge in [0.1, 0.15) is 11.6 Å². The molecule has 0 atom stereocenters. The molecule has 4 rings (SSSR count). The first kappa shape index (κ1) is 18.0. The van der Waals surface area contributed by atoms with Gasteiger partial charge in [-0.05, 0) is 48.0 Å². The summed E-state index contributed by atoms with van der Waals surface area (Å²) in [5, 5.41) is 0. The lowest BCUT2D eigenvalue weighted by Gasteiger charge is -2.12. The van der Waals surface area contributed by atoms with Crippen LogP contribution < -0.4 is 11.5 Å². The van der Waals surface area contributed by atoms with Crippen LogP contribution in [0.4, 0.5) is 19.0 Å². The number of halogens is 3. The van der Waals surface area contributed by atoms with E-state index in [0.717, 1.165) is 17.7 Å². The number of nitrogens with zero attached hydrogens (tertiary/aromatic N) is 3. The van der Waals surface area contributed by atoms with Crippen molar-refractivity contribution in [3.63, 3.8) is 0 Å². The van der Waals surface area contributed by atoms with Gasteiger partial charge in [0.25, 0.3) is 0 Å². The van der Waals surface area contributed by atoms with Crippen molar-refractivity contribution in [1.29, 1.82) is 0 Å². The first-order valence-corrected chi connectivity index (χ1v) is 8.48. The third-order valence-corrected chi connectivity index (χ3v) is 4.49. The maximum Gasteiger partial charge on any atom is 0.416 e. The minimum atomic E-state index is -4.46. The molecular formula is C20H16F3N5. The van der Waals surface area contributed by atoms with E-state index in [9.17, 15) is 13.2 Å². The maximum absolute atomic E-state index is 13.3. The van der Waals surface area contributed by atoms with Crippen molar-refractivity contribution in [2.45, 2.75) is 12.7 Å². The highest BCUT2D eigenvalue weighted by Gasteiger charge is 2.31. The zero-order valence-electron chi connectivity index (χ0n) is 14.6. The van der Waals surface area contributed by atoms with E-state index >= 15 is 0 Å². The lowest BCUT2D eigenvalue weighted by atomic mass is 10.1. The molecule has 0 radical (unpaired) electrons. The molecule has 0 aliphatic carbocycles. The third-order valence-electron chi connectivity index (χ3n) is 4.49. The number of rotatable bonds is 3. The largest absolute Gasteiger partial charge is 0.416 e. The molecule has 5 nitrogen and oxygen atoms in total. The monoisotopic (exact) mass is 383 g/mol. The summed E-state index contributed by atoms with van der Waals surface area (Å²) in [5.74, 6) is 0.661. The minimum absolute atomic E-state index is 0.244. The van der Waals surface area contributed by atoms with E-state index in [4.69, 9.17) is 11.5 Å². The van der Waals surface area contributed by atoms with E-state index in [0.29, 0.717) is 34.7 Å². The molecule has 8 heteroatoms. The van der Waals surface area contributed by atoms with Gasteiger partial charge in [0.2, 0.25) is 0 Å². The van der Waals surface area contributed by atoms with Crippen LogP contribution in [0.3, 0.4) is 0 Å². The highest BCUT2D eigenvalue weighted by Crippen LogP contribution is 2.35. The molecule has 2 aromatic heterocycles. The zero-order chi connectivity index (χ0) is 19.9. The summed E-state index contributed by atoms with van der Waals surface area (Å²) in [5.41, 5.74) is 13.8. The molecule has 0 amide bonds. The average molecular weight is 383 g/mol. The molecule has 28 heavy (non-hydrogen) atoms. The van der Waals surface area contributed by atoms with Crippen molar-refractivity contribution < 1.29 is 13.2 Å². The number of anilines is 1. The second-order valence-electron chi connectivity index (χ2n) is 6.28. The van der Waals surface area contributed by atoms with Gasteiger partial charge in [0.15, 0.2) is 0 Å². The number of fused-ring (bicyclic) bond motifs is 1. The number of imidazole rings is 1. The third kappa shape index (κ3) is 3.07.